The fraction of sp³-hybridized carbons (Fsp3) is 0.125. The van der Waals surface area contributed by atoms with Gasteiger partial charge in [-0.3, -0.25) is 4.79 Å². The first-order valence-corrected chi connectivity index (χ1v) is 5.99. The predicted octanol–water partition coefficient (Wildman–Crippen LogP) is 3.32. The summed E-state index contributed by atoms with van der Waals surface area (Å²) in [5, 5.41) is 9.19. The molecule has 3 nitrogen and oxygen atoms in total. The molecule has 0 aliphatic carbocycles. The van der Waals surface area contributed by atoms with E-state index in [0.29, 0.717) is 11.3 Å². The molecule has 0 spiro atoms. The third-order valence-corrected chi connectivity index (χ3v) is 2.96. The fourth-order valence-electron chi connectivity index (χ4n) is 1.92. The van der Waals surface area contributed by atoms with Crippen molar-refractivity contribution in [3.63, 3.8) is 0 Å². The quantitative estimate of drug-likeness (QED) is 0.800. The van der Waals surface area contributed by atoms with Crippen LogP contribution in [0, 0.1) is 17.1 Å². The molecule has 0 radical (unpaired) electrons. The average molecular weight is 269 g/mol. The van der Waals surface area contributed by atoms with E-state index in [2.05, 4.69) is 0 Å². The lowest BCUT2D eigenvalue weighted by atomic mass is 9.91. The van der Waals surface area contributed by atoms with Gasteiger partial charge in [-0.15, -0.1) is 0 Å². The van der Waals surface area contributed by atoms with Gasteiger partial charge >= 0.3 is 0 Å². The topological polar surface area (TPSA) is 50.1 Å². The van der Waals surface area contributed by atoms with Crippen LogP contribution in [0.25, 0.3) is 0 Å². The van der Waals surface area contributed by atoms with Gasteiger partial charge in [-0.25, -0.2) is 4.39 Å². The lowest BCUT2D eigenvalue weighted by molar-refractivity contribution is 0.0977. The van der Waals surface area contributed by atoms with Gasteiger partial charge in [0.1, 0.15) is 17.5 Å². The van der Waals surface area contributed by atoms with E-state index in [1.54, 1.807) is 24.3 Å². The number of Topliss-reactive ketones (excluding diaryl/α,β-unsaturated/α-hetero) is 1. The molecule has 20 heavy (non-hydrogen) atoms. The van der Waals surface area contributed by atoms with Gasteiger partial charge in [0.25, 0.3) is 0 Å². The maximum absolute atomic E-state index is 13.7. The molecule has 0 fully saturated rings. The summed E-state index contributed by atoms with van der Waals surface area (Å²) in [5.41, 5.74) is 0.405. The van der Waals surface area contributed by atoms with E-state index in [-0.39, 0.29) is 5.56 Å². The van der Waals surface area contributed by atoms with Crippen molar-refractivity contribution in [1.29, 1.82) is 5.26 Å². The van der Waals surface area contributed by atoms with Crippen LogP contribution in [0.5, 0.6) is 5.75 Å². The standard InChI is InChI=1S/C16H12FNO2/c1-20-12-6-4-5-11(9-12)16(19)14(10-18)13-7-2-3-8-15(13)17/h2-9,14H,1H3. The van der Waals surface area contributed by atoms with E-state index in [1.165, 1.54) is 31.4 Å². The summed E-state index contributed by atoms with van der Waals surface area (Å²) in [6.07, 6.45) is 0. The van der Waals surface area contributed by atoms with Gasteiger partial charge in [-0.1, -0.05) is 30.3 Å². The molecule has 2 rings (SSSR count). The van der Waals surface area contributed by atoms with Gasteiger partial charge < -0.3 is 4.74 Å². The summed E-state index contributed by atoms with van der Waals surface area (Å²) < 4.78 is 18.8. The Labute approximate surface area is 116 Å². The highest BCUT2D eigenvalue weighted by Gasteiger charge is 2.24. The third kappa shape index (κ3) is 2.67. The summed E-state index contributed by atoms with van der Waals surface area (Å²) in [7, 11) is 1.49. The minimum atomic E-state index is -1.16. The number of nitrogens with zero attached hydrogens (tertiary/aromatic N) is 1. The highest BCUT2D eigenvalue weighted by molar-refractivity contribution is 6.03. The van der Waals surface area contributed by atoms with Gasteiger partial charge in [0, 0.05) is 11.1 Å². The van der Waals surface area contributed by atoms with Crippen LogP contribution >= 0.6 is 0 Å². The van der Waals surface area contributed by atoms with E-state index in [4.69, 9.17) is 4.74 Å². The Morgan fingerprint density at radius 2 is 2.00 bits per heavy atom. The molecule has 0 aliphatic heterocycles. The Kier molecular flexibility index (Phi) is 4.11. The second kappa shape index (κ2) is 5.98. The molecule has 0 bridgehead atoms. The van der Waals surface area contributed by atoms with Crippen LogP contribution in [0.15, 0.2) is 48.5 Å². The number of methoxy groups -OCH3 is 1. The van der Waals surface area contributed by atoms with Crippen LogP contribution in [-0.2, 0) is 0 Å². The Bertz CT molecular complexity index is 676. The maximum Gasteiger partial charge on any atom is 0.184 e. The Morgan fingerprint density at radius 3 is 2.65 bits per heavy atom. The van der Waals surface area contributed by atoms with E-state index in [0.717, 1.165) is 0 Å². The molecular formula is C16H12FNO2. The van der Waals surface area contributed by atoms with E-state index >= 15 is 0 Å². The molecule has 0 aliphatic rings. The van der Waals surface area contributed by atoms with Crippen molar-refractivity contribution >= 4 is 5.78 Å². The van der Waals surface area contributed by atoms with E-state index < -0.39 is 17.5 Å². The van der Waals surface area contributed by atoms with Crippen LogP contribution in [0.2, 0.25) is 0 Å². The first kappa shape index (κ1) is 13.8. The van der Waals surface area contributed by atoms with Gasteiger partial charge in [0.15, 0.2) is 5.78 Å². The molecule has 0 saturated heterocycles. The Balaban J connectivity index is 2.40. The number of benzene rings is 2. The number of nitriles is 1. The van der Waals surface area contributed by atoms with Crippen LogP contribution in [0.1, 0.15) is 21.8 Å². The second-order valence-corrected chi connectivity index (χ2v) is 4.18. The van der Waals surface area contributed by atoms with Gasteiger partial charge in [0.2, 0.25) is 0 Å². The summed E-state index contributed by atoms with van der Waals surface area (Å²) in [4.78, 5) is 12.4. The van der Waals surface area contributed by atoms with Crippen molar-refractivity contribution in [2.24, 2.45) is 0 Å². The number of ether oxygens (including phenoxy) is 1. The Hall–Kier alpha value is -2.67. The number of rotatable bonds is 4. The SMILES string of the molecule is COc1cccc(C(=O)C(C#N)c2ccccc2F)c1. The number of ketones is 1. The molecule has 1 unspecified atom stereocenters. The molecule has 100 valence electrons. The molecule has 2 aromatic rings. The minimum absolute atomic E-state index is 0.0859. The predicted molar refractivity (Wildman–Crippen MR) is 72.1 cm³/mol. The van der Waals surface area contributed by atoms with Crippen LogP contribution in [0.4, 0.5) is 4.39 Å². The molecule has 4 heteroatoms. The number of carbonyl (C=O) groups is 1. The molecule has 0 saturated carbocycles. The van der Waals surface area contributed by atoms with Gasteiger partial charge in [-0.2, -0.15) is 5.26 Å². The maximum atomic E-state index is 13.7. The lowest BCUT2D eigenvalue weighted by Crippen LogP contribution is -2.12. The monoisotopic (exact) mass is 269 g/mol. The summed E-state index contributed by atoms with van der Waals surface area (Å²) in [6.45, 7) is 0. The zero-order valence-corrected chi connectivity index (χ0v) is 10.8. The van der Waals surface area contributed by atoms with E-state index in [9.17, 15) is 14.4 Å². The number of hydrogen-bond acceptors (Lipinski definition) is 3. The van der Waals surface area contributed by atoms with Crippen LogP contribution < -0.4 is 4.74 Å². The van der Waals surface area contributed by atoms with Crippen molar-refractivity contribution in [3.05, 3.63) is 65.5 Å². The largest absolute Gasteiger partial charge is 0.497 e. The minimum Gasteiger partial charge on any atom is -0.497 e. The molecule has 0 aromatic heterocycles. The first-order chi connectivity index (χ1) is 9.67. The first-order valence-electron chi connectivity index (χ1n) is 5.99. The highest BCUT2D eigenvalue weighted by atomic mass is 19.1. The second-order valence-electron chi connectivity index (χ2n) is 4.18. The lowest BCUT2D eigenvalue weighted by Gasteiger charge is -2.10. The summed E-state index contributed by atoms with van der Waals surface area (Å²) in [5.74, 6) is -1.66. The van der Waals surface area contributed by atoms with Gasteiger partial charge in [-0.05, 0) is 18.2 Å². The average Bonchev–Trinajstić information content (AvgIpc) is 2.49. The fourth-order valence-corrected chi connectivity index (χ4v) is 1.92. The van der Waals surface area contributed by atoms with Crippen molar-refractivity contribution in [1.82, 2.24) is 0 Å². The zero-order chi connectivity index (χ0) is 14.5. The Morgan fingerprint density at radius 1 is 1.25 bits per heavy atom. The van der Waals surface area contributed by atoms with Crippen molar-refractivity contribution < 1.29 is 13.9 Å². The molecule has 0 amide bonds. The molecule has 1 atom stereocenters. The third-order valence-electron chi connectivity index (χ3n) is 2.96. The summed E-state index contributed by atoms with van der Waals surface area (Å²) in [6, 6.07) is 14.1. The normalized spacial score (nSPS) is 11.4. The number of carbonyl (C=O) groups excluding carboxylic acids is 1. The molecular weight excluding hydrogens is 257 g/mol. The summed E-state index contributed by atoms with van der Waals surface area (Å²) >= 11 is 0. The zero-order valence-electron chi connectivity index (χ0n) is 10.8. The highest BCUT2D eigenvalue weighted by Crippen LogP contribution is 2.24. The number of hydrogen-bond donors (Lipinski definition) is 0. The van der Waals surface area contributed by atoms with Crippen molar-refractivity contribution in [2.45, 2.75) is 5.92 Å². The van der Waals surface area contributed by atoms with Crippen molar-refractivity contribution in [3.8, 4) is 11.8 Å². The molecule has 0 heterocycles. The van der Waals surface area contributed by atoms with Gasteiger partial charge in [0.05, 0.1) is 13.2 Å². The van der Waals surface area contributed by atoms with Crippen molar-refractivity contribution in [2.75, 3.05) is 7.11 Å². The smallest absolute Gasteiger partial charge is 0.184 e. The number of halogens is 1. The molecule has 0 N–H and O–H groups in total. The van der Waals surface area contributed by atoms with Crippen LogP contribution in [0.3, 0.4) is 0 Å². The van der Waals surface area contributed by atoms with E-state index in [1.807, 2.05) is 6.07 Å². The van der Waals surface area contributed by atoms with Crippen LogP contribution in [-0.4, -0.2) is 12.9 Å². The molecule has 2 aromatic carbocycles.